The summed E-state index contributed by atoms with van der Waals surface area (Å²) in [5.41, 5.74) is 2.33. The van der Waals surface area contributed by atoms with E-state index in [0.29, 0.717) is 5.92 Å². The number of aliphatic hydroxyl groups is 1. The molecule has 0 aliphatic rings. The van der Waals surface area contributed by atoms with Crippen molar-refractivity contribution in [3.05, 3.63) is 35.4 Å². The van der Waals surface area contributed by atoms with Crippen molar-refractivity contribution < 1.29 is 5.11 Å². The van der Waals surface area contributed by atoms with Crippen molar-refractivity contribution in [1.29, 1.82) is 0 Å². The molecule has 1 heteroatoms. The van der Waals surface area contributed by atoms with Gasteiger partial charge >= 0.3 is 0 Å². The minimum atomic E-state index is -0.307. The highest BCUT2D eigenvalue weighted by atomic mass is 16.3. The Morgan fingerprint density at radius 1 is 1.23 bits per heavy atom. The second kappa shape index (κ2) is 4.43. The molecule has 1 aromatic rings. The Hall–Kier alpha value is -0.820. The lowest BCUT2D eigenvalue weighted by atomic mass is 9.98. The number of aliphatic hydroxyl groups excluding tert-OH is 1. The van der Waals surface area contributed by atoms with Gasteiger partial charge in [-0.3, -0.25) is 0 Å². The van der Waals surface area contributed by atoms with Gasteiger partial charge in [0.1, 0.15) is 0 Å². The van der Waals surface area contributed by atoms with E-state index in [1.807, 2.05) is 19.1 Å². The first-order valence-corrected chi connectivity index (χ1v) is 4.93. The lowest BCUT2D eigenvalue weighted by molar-refractivity contribution is 0.173. The molecule has 72 valence electrons. The topological polar surface area (TPSA) is 20.2 Å². The van der Waals surface area contributed by atoms with Crippen molar-refractivity contribution in [2.24, 2.45) is 0 Å². The molecule has 0 bridgehead atoms. The summed E-state index contributed by atoms with van der Waals surface area (Å²) in [6, 6.07) is 8.21. The monoisotopic (exact) mass is 178 g/mol. The normalized spacial score (nSPS) is 13.3. The fourth-order valence-corrected chi connectivity index (χ4v) is 1.36. The first kappa shape index (κ1) is 10.3. The van der Waals surface area contributed by atoms with Crippen molar-refractivity contribution in [3.63, 3.8) is 0 Å². The Bertz CT molecular complexity index is 266. The zero-order valence-corrected chi connectivity index (χ0v) is 8.62. The summed E-state index contributed by atoms with van der Waals surface area (Å²) in [6.45, 7) is 6.32. The van der Waals surface area contributed by atoms with Crippen LogP contribution in [0.15, 0.2) is 24.3 Å². The summed E-state index contributed by atoms with van der Waals surface area (Å²) in [5, 5.41) is 9.64. The van der Waals surface area contributed by atoms with Crippen LogP contribution in [0.1, 0.15) is 50.3 Å². The summed E-state index contributed by atoms with van der Waals surface area (Å²) in [6.07, 6.45) is 0.473. The van der Waals surface area contributed by atoms with Crippen molar-refractivity contribution in [1.82, 2.24) is 0 Å². The van der Waals surface area contributed by atoms with Crippen molar-refractivity contribution in [2.45, 2.75) is 39.2 Å². The lowest BCUT2D eigenvalue weighted by Crippen LogP contribution is -1.97. The molecule has 0 fully saturated rings. The predicted octanol–water partition coefficient (Wildman–Crippen LogP) is 3.25. The van der Waals surface area contributed by atoms with E-state index in [0.717, 1.165) is 12.0 Å². The highest BCUT2D eigenvalue weighted by Crippen LogP contribution is 2.21. The number of benzene rings is 1. The predicted molar refractivity (Wildman–Crippen MR) is 55.8 cm³/mol. The van der Waals surface area contributed by atoms with Crippen LogP contribution in [0.25, 0.3) is 0 Å². The molecule has 0 saturated carbocycles. The van der Waals surface area contributed by atoms with Crippen molar-refractivity contribution in [2.75, 3.05) is 0 Å². The Kier molecular flexibility index (Phi) is 3.49. The van der Waals surface area contributed by atoms with Gasteiger partial charge in [0.05, 0.1) is 6.10 Å². The molecule has 0 radical (unpaired) electrons. The molecule has 0 aliphatic carbocycles. The van der Waals surface area contributed by atoms with E-state index in [1.54, 1.807) is 0 Å². The average molecular weight is 178 g/mol. The second-order valence-corrected chi connectivity index (χ2v) is 3.75. The standard InChI is InChI=1S/C12H18O/c1-4-12(13)11-7-5-6-10(8-11)9(2)3/h5-9,12-13H,4H2,1-3H3/t12-/m0/s1. The second-order valence-electron chi connectivity index (χ2n) is 3.75. The largest absolute Gasteiger partial charge is 0.388 e. The molecule has 0 saturated heterocycles. The molecule has 1 aromatic carbocycles. The number of hydrogen-bond acceptors (Lipinski definition) is 1. The van der Waals surface area contributed by atoms with Crippen LogP contribution in [0.2, 0.25) is 0 Å². The first-order valence-electron chi connectivity index (χ1n) is 4.93. The van der Waals surface area contributed by atoms with Gasteiger partial charge in [0, 0.05) is 0 Å². The Labute approximate surface area is 80.4 Å². The van der Waals surface area contributed by atoms with Gasteiger partial charge in [-0.15, -0.1) is 0 Å². The summed E-state index contributed by atoms with van der Waals surface area (Å²) in [4.78, 5) is 0. The molecule has 1 nitrogen and oxygen atoms in total. The van der Waals surface area contributed by atoms with Crippen LogP contribution < -0.4 is 0 Å². The molecule has 0 unspecified atom stereocenters. The van der Waals surface area contributed by atoms with Gasteiger partial charge < -0.3 is 5.11 Å². The highest BCUT2D eigenvalue weighted by Gasteiger charge is 2.06. The fourth-order valence-electron chi connectivity index (χ4n) is 1.36. The third-order valence-electron chi connectivity index (χ3n) is 2.35. The Balaban J connectivity index is 2.91. The van der Waals surface area contributed by atoms with Crippen LogP contribution >= 0.6 is 0 Å². The van der Waals surface area contributed by atoms with E-state index in [1.165, 1.54) is 5.56 Å². The van der Waals surface area contributed by atoms with E-state index >= 15 is 0 Å². The van der Waals surface area contributed by atoms with E-state index in [4.69, 9.17) is 0 Å². The molecule has 0 aliphatic heterocycles. The van der Waals surface area contributed by atoms with Crippen molar-refractivity contribution in [3.8, 4) is 0 Å². The maximum absolute atomic E-state index is 9.64. The van der Waals surface area contributed by atoms with E-state index in [9.17, 15) is 5.11 Å². The minimum absolute atomic E-state index is 0.307. The van der Waals surface area contributed by atoms with Gasteiger partial charge in [0.25, 0.3) is 0 Å². The van der Waals surface area contributed by atoms with Crippen LogP contribution in [-0.2, 0) is 0 Å². The van der Waals surface area contributed by atoms with Crippen molar-refractivity contribution >= 4 is 0 Å². The molecule has 0 amide bonds. The quantitative estimate of drug-likeness (QED) is 0.753. The smallest absolute Gasteiger partial charge is 0.0787 e. The van der Waals surface area contributed by atoms with Crippen LogP contribution in [0.4, 0.5) is 0 Å². The lowest BCUT2D eigenvalue weighted by Gasteiger charge is -2.11. The molecule has 0 spiro atoms. The molecule has 0 heterocycles. The first-order chi connectivity index (χ1) is 6.15. The number of hydrogen-bond donors (Lipinski definition) is 1. The molecule has 0 aromatic heterocycles. The van der Waals surface area contributed by atoms with Crippen LogP contribution in [0, 0.1) is 0 Å². The van der Waals surface area contributed by atoms with E-state index < -0.39 is 0 Å². The summed E-state index contributed by atoms with van der Waals surface area (Å²) in [7, 11) is 0. The maximum Gasteiger partial charge on any atom is 0.0787 e. The minimum Gasteiger partial charge on any atom is -0.388 e. The van der Waals surface area contributed by atoms with Gasteiger partial charge in [-0.1, -0.05) is 45.0 Å². The Morgan fingerprint density at radius 3 is 2.38 bits per heavy atom. The van der Waals surface area contributed by atoms with Gasteiger partial charge in [0.2, 0.25) is 0 Å². The third kappa shape index (κ3) is 2.56. The number of rotatable bonds is 3. The molecular weight excluding hydrogens is 160 g/mol. The summed E-state index contributed by atoms with van der Waals surface area (Å²) < 4.78 is 0. The van der Waals surface area contributed by atoms with Crippen LogP contribution in [0.3, 0.4) is 0 Å². The average Bonchev–Trinajstić information content (AvgIpc) is 2.17. The van der Waals surface area contributed by atoms with Crippen LogP contribution in [0.5, 0.6) is 0 Å². The zero-order valence-electron chi connectivity index (χ0n) is 8.62. The Morgan fingerprint density at radius 2 is 1.85 bits per heavy atom. The molecular formula is C12H18O. The van der Waals surface area contributed by atoms with Gasteiger partial charge in [-0.25, -0.2) is 0 Å². The molecule has 1 rings (SSSR count). The van der Waals surface area contributed by atoms with E-state index in [-0.39, 0.29) is 6.10 Å². The zero-order chi connectivity index (χ0) is 9.84. The molecule has 13 heavy (non-hydrogen) atoms. The van der Waals surface area contributed by atoms with Gasteiger partial charge in [0.15, 0.2) is 0 Å². The third-order valence-corrected chi connectivity index (χ3v) is 2.35. The SMILES string of the molecule is CC[C@H](O)c1cccc(C(C)C)c1. The fraction of sp³-hybridized carbons (Fsp3) is 0.500. The molecule has 1 N–H and O–H groups in total. The summed E-state index contributed by atoms with van der Waals surface area (Å²) in [5.74, 6) is 0.531. The maximum atomic E-state index is 9.64. The van der Waals surface area contributed by atoms with Gasteiger partial charge in [-0.2, -0.15) is 0 Å². The van der Waals surface area contributed by atoms with E-state index in [2.05, 4.69) is 26.0 Å². The highest BCUT2D eigenvalue weighted by molar-refractivity contribution is 5.27. The summed E-state index contributed by atoms with van der Waals surface area (Å²) >= 11 is 0. The van der Waals surface area contributed by atoms with Crippen LogP contribution in [-0.4, -0.2) is 5.11 Å². The molecule has 1 atom stereocenters. The van der Waals surface area contributed by atoms with Gasteiger partial charge in [-0.05, 0) is 23.5 Å².